The van der Waals surface area contributed by atoms with Gasteiger partial charge >= 0.3 is 0 Å². The van der Waals surface area contributed by atoms with Crippen molar-refractivity contribution in [3.05, 3.63) is 0 Å². The molecule has 0 N–H and O–H groups in total. The van der Waals surface area contributed by atoms with Crippen molar-refractivity contribution in [1.29, 1.82) is 0 Å². The zero-order valence-electron chi connectivity index (χ0n) is 5.66. The van der Waals surface area contributed by atoms with E-state index < -0.39 is 0 Å². The SMILES string of the molecule is CCCC[C@]1(Br)C[C@H]1Br. The maximum atomic E-state index is 3.71. The van der Waals surface area contributed by atoms with Crippen LogP contribution in [0.3, 0.4) is 0 Å². The lowest BCUT2D eigenvalue weighted by atomic mass is 10.2. The van der Waals surface area contributed by atoms with Gasteiger partial charge in [0.2, 0.25) is 0 Å². The van der Waals surface area contributed by atoms with Gasteiger partial charge in [0.1, 0.15) is 0 Å². The van der Waals surface area contributed by atoms with Crippen LogP contribution in [0.5, 0.6) is 0 Å². The first-order chi connectivity index (χ1) is 4.19. The van der Waals surface area contributed by atoms with E-state index in [9.17, 15) is 0 Å². The third-order valence-corrected chi connectivity index (χ3v) is 4.95. The van der Waals surface area contributed by atoms with Crippen LogP contribution in [-0.2, 0) is 0 Å². The molecule has 9 heavy (non-hydrogen) atoms. The molecule has 0 aromatic rings. The van der Waals surface area contributed by atoms with Crippen molar-refractivity contribution in [1.82, 2.24) is 0 Å². The molecule has 1 aliphatic rings. The molecule has 2 atom stereocenters. The van der Waals surface area contributed by atoms with Gasteiger partial charge in [-0.1, -0.05) is 51.6 Å². The van der Waals surface area contributed by atoms with Crippen LogP contribution < -0.4 is 0 Å². The van der Waals surface area contributed by atoms with Crippen LogP contribution in [0.1, 0.15) is 32.6 Å². The van der Waals surface area contributed by atoms with Crippen LogP contribution in [0, 0.1) is 0 Å². The maximum absolute atomic E-state index is 3.71. The Morgan fingerprint density at radius 2 is 2.22 bits per heavy atom. The first kappa shape index (κ1) is 8.06. The van der Waals surface area contributed by atoms with Crippen LogP contribution >= 0.6 is 31.9 Å². The van der Waals surface area contributed by atoms with E-state index in [1.807, 2.05) is 0 Å². The highest BCUT2D eigenvalue weighted by atomic mass is 79.9. The Morgan fingerprint density at radius 3 is 2.56 bits per heavy atom. The average molecular weight is 256 g/mol. The molecular formula is C7H12Br2. The lowest BCUT2D eigenvalue weighted by Gasteiger charge is -2.03. The molecule has 0 radical (unpaired) electrons. The molecule has 0 saturated heterocycles. The molecule has 0 heterocycles. The summed E-state index contributed by atoms with van der Waals surface area (Å²) in [6.07, 6.45) is 5.31. The first-order valence-corrected chi connectivity index (χ1v) is 5.23. The van der Waals surface area contributed by atoms with E-state index in [0.717, 1.165) is 4.83 Å². The second kappa shape index (κ2) is 2.91. The number of hydrogen-bond donors (Lipinski definition) is 0. The Morgan fingerprint density at radius 1 is 1.67 bits per heavy atom. The Bertz CT molecular complexity index is 103. The van der Waals surface area contributed by atoms with Crippen molar-refractivity contribution >= 4 is 31.9 Å². The van der Waals surface area contributed by atoms with Gasteiger partial charge < -0.3 is 0 Å². The summed E-state index contributed by atoms with van der Waals surface area (Å²) in [6, 6.07) is 0. The summed E-state index contributed by atoms with van der Waals surface area (Å²) in [6.45, 7) is 2.24. The third-order valence-electron chi connectivity index (χ3n) is 1.87. The molecule has 1 aliphatic carbocycles. The minimum absolute atomic E-state index is 0.489. The number of rotatable bonds is 3. The molecule has 0 bridgehead atoms. The fourth-order valence-corrected chi connectivity index (χ4v) is 2.81. The van der Waals surface area contributed by atoms with Gasteiger partial charge in [-0.05, 0) is 12.8 Å². The topological polar surface area (TPSA) is 0 Å². The summed E-state index contributed by atoms with van der Waals surface area (Å²) in [4.78, 5) is 0.747. The molecule has 1 saturated carbocycles. The van der Waals surface area contributed by atoms with Crippen molar-refractivity contribution in [2.75, 3.05) is 0 Å². The fourth-order valence-electron chi connectivity index (χ4n) is 0.968. The summed E-state index contributed by atoms with van der Waals surface area (Å²) in [7, 11) is 0. The van der Waals surface area contributed by atoms with Crippen LogP contribution in [-0.4, -0.2) is 9.15 Å². The minimum atomic E-state index is 0.489. The van der Waals surface area contributed by atoms with Crippen LogP contribution in [0.4, 0.5) is 0 Å². The second-order valence-electron chi connectivity index (χ2n) is 2.81. The number of alkyl halides is 2. The Kier molecular flexibility index (Phi) is 2.61. The van der Waals surface area contributed by atoms with Gasteiger partial charge in [0.05, 0.1) is 0 Å². The third kappa shape index (κ3) is 1.94. The Balaban J connectivity index is 2.13. The molecule has 0 aromatic carbocycles. The highest BCUT2D eigenvalue weighted by molar-refractivity contribution is 9.13. The normalized spacial score (nSPS) is 41.0. The highest BCUT2D eigenvalue weighted by Gasteiger charge is 2.49. The van der Waals surface area contributed by atoms with E-state index >= 15 is 0 Å². The average Bonchev–Trinajstić information content (AvgIpc) is 2.38. The number of hydrogen-bond acceptors (Lipinski definition) is 0. The molecule has 0 aliphatic heterocycles. The molecule has 0 aromatic heterocycles. The molecule has 1 rings (SSSR count). The van der Waals surface area contributed by atoms with E-state index in [0.29, 0.717) is 4.32 Å². The van der Waals surface area contributed by atoms with Gasteiger partial charge in [-0.3, -0.25) is 0 Å². The van der Waals surface area contributed by atoms with Crippen LogP contribution in [0.2, 0.25) is 0 Å². The molecule has 0 nitrogen and oxygen atoms in total. The van der Waals surface area contributed by atoms with E-state index in [2.05, 4.69) is 38.8 Å². The minimum Gasteiger partial charge on any atom is -0.0875 e. The Labute approximate surface area is 73.7 Å². The Hall–Kier alpha value is 0.960. The molecule has 0 amide bonds. The molecular weight excluding hydrogens is 244 g/mol. The van der Waals surface area contributed by atoms with Crippen molar-refractivity contribution in [2.24, 2.45) is 0 Å². The van der Waals surface area contributed by atoms with Crippen molar-refractivity contribution < 1.29 is 0 Å². The number of unbranched alkanes of at least 4 members (excludes halogenated alkanes) is 1. The summed E-state index contributed by atoms with van der Waals surface area (Å²) < 4.78 is 0.489. The maximum Gasteiger partial charge on any atom is 0.0394 e. The second-order valence-corrected chi connectivity index (χ2v) is 5.49. The van der Waals surface area contributed by atoms with Crippen molar-refractivity contribution in [3.63, 3.8) is 0 Å². The molecule has 0 spiro atoms. The first-order valence-electron chi connectivity index (χ1n) is 3.52. The summed E-state index contributed by atoms with van der Waals surface area (Å²) >= 11 is 7.30. The van der Waals surface area contributed by atoms with E-state index in [1.54, 1.807) is 0 Å². The summed E-state index contributed by atoms with van der Waals surface area (Å²) in [5.41, 5.74) is 0. The molecule has 54 valence electrons. The predicted molar refractivity (Wildman–Crippen MR) is 48.5 cm³/mol. The smallest absolute Gasteiger partial charge is 0.0394 e. The van der Waals surface area contributed by atoms with E-state index in [-0.39, 0.29) is 0 Å². The van der Waals surface area contributed by atoms with Crippen molar-refractivity contribution in [2.45, 2.75) is 41.8 Å². The van der Waals surface area contributed by atoms with Crippen LogP contribution in [0.25, 0.3) is 0 Å². The standard InChI is InChI=1S/C7H12Br2/c1-2-3-4-7(9)5-6(7)8/h6H,2-5H2,1H3/t6-,7+/m1/s1. The zero-order valence-corrected chi connectivity index (χ0v) is 8.83. The monoisotopic (exact) mass is 254 g/mol. The van der Waals surface area contributed by atoms with E-state index in [1.165, 1.54) is 25.7 Å². The number of halogens is 2. The largest absolute Gasteiger partial charge is 0.0875 e. The molecule has 0 unspecified atom stereocenters. The molecule has 1 fully saturated rings. The predicted octanol–water partition coefficient (Wildman–Crippen LogP) is 3.48. The zero-order chi connectivity index (χ0) is 6.91. The lowest BCUT2D eigenvalue weighted by Crippen LogP contribution is -1.99. The van der Waals surface area contributed by atoms with Gasteiger partial charge in [-0.25, -0.2) is 0 Å². The molecule has 2 heteroatoms. The van der Waals surface area contributed by atoms with Crippen LogP contribution in [0.15, 0.2) is 0 Å². The highest BCUT2D eigenvalue weighted by Crippen LogP contribution is 2.53. The quantitative estimate of drug-likeness (QED) is 0.678. The van der Waals surface area contributed by atoms with Crippen molar-refractivity contribution in [3.8, 4) is 0 Å². The summed E-state index contributed by atoms with van der Waals surface area (Å²) in [5, 5.41) is 0. The summed E-state index contributed by atoms with van der Waals surface area (Å²) in [5.74, 6) is 0. The fraction of sp³-hybridized carbons (Fsp3) is 1.00. The van der Waals surface area contributed by atoms with Gasteiger partial charge in [0.25, 0.3) is 0 Å². The van der Waals surface area contributed by atoms with Gasteiger partial charge in [-0.2, -0.15) is 0 Å². The van der Waals surface area contributed by atoms with Gasteiger partial charge in [-0.15, -0.1) is 0 Å². The van der Waals surface area contributed by atoms with Gasteiger partial charge in [0, 0.05) is 9.15 Å². The van der Waals surface area contributed by atoms with E-state index in [4.69, 9.17) is 0 Å². The lowest BCUT2D eigenvalue weighted by molar-refractivity contribution is 0.695. The van der Waals surface area contributed by atoms with Gasteiger partial charge in [0.15, 0.2) is 0 Å².